The Bertz CT molecular complexity index is 607. The number of sulfonamides is 1. The van der Waals surface area contributed by atoms with Crippen molar-refractivity contribution in [2.24, 2.45) is 5.73 Å². The van der Waals surface area contributed by atoms with Crippen LogP contribution in [0.5, 0.6) is 0 Å². The molecule has 5 nitrogen and oxygen atoms in total. The predicted molar refractivity (Wildman–Crippen MR) is 85.4 cm³/mol. The summed E-state index contributed by atoms with van der Waals surface area (Å²) in [5, 5.41) is 0. The van der Waals surface area contributed by atoms with E-state index in [4.69, 9.17) is 18.0 Å². The maximum atomic E-state index is 12.4. The van der Waals surface area contributed by atoms with Gasteiger partial charge in [0.05, 0.1) is 0 Å². The van der Waals surface area contributed by atoms with Crippen LogP contribution >= 0.6 is 24.0 Å². The highest BCUT2D eigenvalue weighted by Gasteiger charge is 2.37. The van der Waals surface area contributed by atoms with Crippen LogP contribution in [0.1, 0.15) is 25.0 Å². The van der Waals surface area contributed by atoms with E-state index in [-0.39, 0.29) is 20.3 Å². The first kappa shape index (κ1) is 15.7. The second-order valence-electron chi connectivity index (χ2n) is 4.78. The van der Waals surface area contributed by atoms with E-state index in [9.17, 15) is 8.42 Å². The van der Waals surface area contributed by atoms with E-state index in [1.807, 2.05) is 6.26 Å². The summed E-state index contributed by atoms with van der Waals surface area (Å²) in [5.74, 6) is 0. The van der Waals surface area contributed by atoms with E-state index in [1.165, 1.54) is 12.3 Å². The molecule has 1 fully saturated rings. The largest absolute Gasteiger partial charge is 0.388 e. The van der Waals surface area contributed by atoms with Crippen LogP contribution in [0.3, 0.4) is 0 Å². The number of thioether (sulfide) groups is 1. The molecule has 0 radical (unpaired) electrons. The molecular weight excluding hydrogens is 314 g/mol. The minimum atomic E-state index is -3.65. The van der Waals surface area contributed by atoms with Gasteiger partial charge in [-0.2, -0.15) is 11.8 Å². The van der Waals surface area contributed by atoms with Crippen molar-refractivity contribution in [3.63, 3.8) is 0 Å². The Labute approximate surface area is 128 Å². The van der Waals surface area contributed by atoms with Gasteiger partial charge >= 0.3 is 0 Å². The lowest BCUT2D eigenvalue weighted by molar-refractivity contribution is 0.362. The fourth-order valence-corrected chi connectivity index (χ4v) is 4.65. The quantitative estimate of drug-likeness (QED) is 0.764. The zero-order valence-corrected chi connectivity index (χ0v) is 13.6. The molecule has 0 saturated heterocycles. The summed E-state index contributed by atoms with van der Waals surface area (Å²) in [6.45, 7) is 0.419. The molecule has 1 saturated carbocycles. The molecule has 1 aromatic rings. The maximum absolute atomic E-state index is 12.4. The summed E-state index contributed by atoms with van der Waals surface area (Å²) in [6.07, 6.45) is 6.70. The zero-order valence-electron chi connectivity index (χ0n) is 11.1. The van der Waals surface area contributed by atoms with E-state index >= 15 is 0 Å². The summed E-state index contributed by atoms with van der Waals surface area (Å²) < 4.78 is 27.5. The molecule has 0 amide bonds. The minimum Gasteiger partial charge on any atom is -0.388 e. The van der Waals surface area contributed by atoms with Crippen LogP contribution in [0.2, 0.25) is 0 Å². The molecule has 0 unspecified atom stereocenters. The van der Waals surface area contributed by atoms with Crippen molar-refractivity contribution in [2.75, 3.05) is 12.8 Å². The molecular formula is C12H17N3O2S3. The summed E-state index contributed by atoms with van der Waals surface area (Å²) in [6, 6.07) is 3.03. The number of pyridine rings is 1. The highest BCUT2D eigenvalue weighted by atomic mass is 32.2. The summed E-state index contributed by atoms with van der Waals surface area (Å²) in [5.41, 5.74) is 5.67. The number of thiocarbonyl (C=S) groups is 1. The molecule has 1 aromatic heterocycles. The van der Waals surface area contributed by atoms with E-state index in [0.717, 1.165) is 19.3 Å². The van der Waals surface area contributed by atoms with Gasteiger partial charge in [0.2, 0.25) is 10.0 Å². The van der Waals surface area contributed by atoms with Crippen LogP contribution < -0.4 is 10.5 Å². The summed E-state index contributed by atoms with van der Waals surface area (Å²) >= 11 is 6.56. The van der Waals surface area contributed by atoms with E-state index < -0.39 is 10.0 Å². The molecule has 1 aliphatic rings. The third kappa shape index (κ3) is 3.13. The van der Waals surface area contributed by atoms with Gasteiger partial charge in [-0.15, -0.1) is 0 Å². The van der Waals surface area contributed by atoms with E-state index in [0.29, 0.717) is 6.54 Å². The first-order chi connectivity index (χ1) is 9.40. The first-order valence-corrected chi connectivity index (χ1v) is 9.31. The molecule has 0 atom stereocenters. The molecule has 0 bridgehead atoms. The molecule has 8 heteroatoms. The van der Waals surface area contributed by atoms with Gasteiger partial charge in [0.1, 0.15) is 15.6 Å². The van der Waals surface area contributed by atoms with Gasteiger partial charge in [0.25, 0.3) is 0 Å². The van der Waals surface area contributed by atoms with Crippen molar-refractivity contribution in [1.29, 1.82) is 0 Å². The number of rotatable bonds is 6. The molecule has 2 rings (SSSR count). The van der Waals surface area contributed by atoms with Gasteiger partial charge in [-0.25, -0.2) is 13.1 Å². The Morgan fingerprint density at radius 3 is 2.80 bits per heavy atom. The third-order valence-electron chi connectivity index (χ3n) is 3.58. The monoisotopic (exact) mass is 331 g/mol. The van der Waals surface area contributed by atoms with Crippen molar-refractivity contribution in [3.8, 4) is 0 Å². The zero-order chi connectivity index (χ0) is 14.8. The Balaban J connectivity index is 2.21. The highest BCUT2D eigenvalue weighted by Crippen LogP contribution is 2.42. The van der Waals surface area contributed by atoms with Crippen molar-refractivity contribution < 1.29 is 8.42 Å². The van der Waals surface area contributed by atoms with Crippen LogP contribution in [0.4, 0.5) is 0 Å². The smallest absolute Gasteiger partial charge is 0.242 e. The number of aromatic nitrogens is 1. The van der Waals surface area contributed by atoms with Crippen LogP contribution in [0, 0.1) is 0 Å². The number of hydrogen-bond donors (Lipinski definition) is 2. The lowest BCUT2D eigenvalue weighted by Crippen LogP contribution is -2.45. The number of nitrogens with one attached hydrogen (secondary N) is 1. The predicted octanol–water partition coefficient (Wildman–Crippen LogP) is 1.28. The summed E-state index contributed by atoms with van der Waals surface area (Å²) in [4.78, 5) is 3.98. The SMILES string of the molecule is CSC1(CNS(=O)(=O)c2cccnc2C(N)=S)CCC1. The van der Waals surface area contributed by atoms with Crippen LogP contribution in [0.15, 0.2) is 23.2 Å². The number of nitrogens with two attached hydrogens (primary N) is 1. The van der Waals surface area contributed by atoms with Gasteiger partial charge in [-0.05, 0) is 31.2 Å². The van der Waals surface area contributed by atoms with Gasteiger partial charge < -0.3 is 5.73 Å². The Morgan fingerprint density at radius 2 is 2.30 bits per heavy atom. The standard InChI is InChI=1S/C12H17N3O2S3/c1-19-12(5-3-6-12)8-15-20(16,17)9-4-2-7-14-10(9)11(13)18/h2,4,7,15H,3,5-6,8H2,1H3,(H2,13,18). The van der Waals surface area contributed by atoms with E-state index in [2.05, 4.69) is 9.71 Å². The fraction of sp³-hybridized carbons (Fsp3) is 0.500. The first-order valence-electron chi connectivity index (χ1n) is 6.20. The molecule has 0 spiro atoms. The van der Waals surface area contributed by atoms with Crippen molar-refractivity contribution >= 4 is 39.0 Å². The van der Waals surface area contributed by atoms with Gasteiger partial charge in [-0.1, -0.05) is 18.6 Å². The third-order valence-corrected chi connectivity index (χ3v) is 6.62. The van der Waals surface area contributed by atoms with Crippen LogP contribution in [0.25, 0.3) is 0 Å². The normalized spacial score (nSPS) is 17.4. The Kier molecular flexibility index (Phi) is 4.68. The molecule has 1 heterocycles. The lowest BCUT2D eigenvalue weighted by Gasteiger charge is -2.40. The number of nitrogens with zero attached hydrogens (tertiary/aromatic N) is 1. The maximum Gasteiger partial charge on any atom is 0.242 e. The van der Waals surface area contributed by atoms with Crippen molar-refractivity contribution in [3.05, 3.63) is 24.0 Å². The van der Waals surface area contributed by atoms with Crippen molar-refractivity contribution in [1.82, 2.24) is 9.71 Å². The second kappa shape index (κ2) is 5.97. The topological polar surface area (TPSA) is 85.1 Å². The average Bonchev–Trinajstić information content (AvgIpc) is 2.38. The molecule has 1 aliphatic carbocycles. The van der Waals surface area contributed by atoms with Crippen molar-refractivity contribution in [2.45, 2.75) is 28.9 Å². The molecule has 0 aliphatic heterocycles. The second-order valence-corrected chi connectivity index (χ2v) is 8.23. The fourth-order valence-electron chi connectivity index (χ4n) is 2.12. The minimum absolute atomic E-state index is 0.0193. The molecule has 110 valence electrons. The van der Waals surface area contributed by atoms with E-state index in [1.54, 1.807) is 17.8 Å². The number of hydrogen-bond acceptors (Lipinski definition) is 5. The van der Waals surface area contributed by atoms with Gasteiger partial charge in [0.15, 0.2) is 0 Å². The molecule has 20 heavy (non-hydrogen) atoms. The van der Waals surface area contributed by atoms with Crippen LogP contribution in [-0.4, -0.2) is 35.9 Å². The Hall–Kier alpha value is -0.700. The Morgan fingerprint density at radius 1 is 1.60 bits per heavy atom. The van der Waals surface area contributed by atoms with Gasteiger partial charge in [0, 0.05) is 17.5 Å². The summed E-state index contributed by atoms with van der Waals surface area (Å²) in [7, 11) is -3.65. The van der Waals surface area contributed by atoms with Crippen LogP contribution in [-0.2, 0) is 10.0 Å². The highest BCUT2D eigenvalue weighted by molar-refractivity contribution is 8.00. The van der Waals surface area contributed by atoms with Gasteiger partial charge in [-0.3, -0.25) is 4.98 Å². The average molecular weight is 331 g/mol. The molecule has 0 aromatic carbocycles. The molecule has 3 N–H and O–H groups in total. The lowest BCUT2D eigenvalue weighted by atomic mass is 9.84.